The van der Waals surface area contributed by atoms with Gasteiger partial charge in [-0.3, -0.25) is 0 Å². The molecular formula is C8H13N5O. The van der Waals surface area contributed by atoms with Crippen LogP contribution in [-0.2, 0) is 0 Å². The third-order valence-corrected chi connectivity index (χ3v) is 2.16. The quantitative estimate of drug-likeness (QED) is 0.519. The van der Waals surface area contributed by atoms with E-state index in [9.17, 15) is 0 Å². The summed E-state index contributed by atoms with van der Waals surface area (Å²) in [5.41, 5.74) is 5.77. The molecule has 0 bridgehead atoms. The minimum absolute atomic E-state index is 0.229. The Kier molecular flexibility index (Phi) is 2.34. The van der Waals surface area contributed by atoms with Gasteiger partial charge in [0.1, 0.15) is 0 Å². The highest BCUT2D eigenvalue weighted by atomic mass is 16.5. The molecule has 1 aromatic heterocycles. The minimum Gasteiger partial charge on any atom is -0.369 e. The lowest BCUT2D eigenvalue weighted by atomic mass is 10.4. The largest absolute Gasteiger partial charge is 0.369 e. The lowest BCUT2D eigenvalue weighted by Crippen LogP contribution is -2.34. The van der Waals surface area contributed by atoms with Crippen molar-refractivity contribution in [1.82, 2.24) is 15.0 Å². The number of likely N-dealkylation sites (tertiary alicyclic amines) is 1. The molecule has 1 saturated heterocycles. The summed E-state index contributed by atoms with van der Waals surface area (Å²) in [6.07, 6.45) is 2.33. The van der Waals surface area contributed by atoms with Crippen molar-refractivity contribution in [2.24, 2.45) is 10.7 Å². The predicted octanol–water partition coefficient (Wildman–Crippen LogP) is 0.420. The summed E-state index contributed by atoms with van der Waals surface area (Å²) >= 11 is 0. The fraction of sp³-hybridized carbons (Fsp3) is 0.625. The fourth-order valence-corrected chi connectivity index (χ4v) is 1.45. The average Bonchev–Trinajstić information content (AvgIpc) is 2.75. The summed E-state index contributed by atoms with van der Waals surface area (Å²) in [5, 5.41) is 3.63. The van der Waals surface area contributed by atoms with Crippen LogP contribution in [0.3, 0.4) is 0 Å². The van der Waals surface area contributed by atoms with Crippen LogP contribution < -0.4 is 5.73 Å². The molecule has 2 N–H and O–H groups in total. The van der Waals surface area contributed by atoms with E-state index in [1.807, 2.05) is 4.90 Å². The van der Waals surface area contributed by atoms with Gasteiger partial charge in [0, 0.05) is 13.1 Å². The summed E-state index contributed by atoms with van der Waals surface area (Å²) in [4.78, 5) is 10.0. The van der Waals surface area contributed by atoms with Gasteiger partial charge in [0.2, 0.25) is 5.96 Å². The highest BCUT2D eigenvalue weighted by Gasteiger charge is 2.14. The molecular weight excluding hydrogens is 182 g/mol. The Balaban J connectivity index is 2.09. The van der Waals surface area contributed by atoms with Crippen molar-refractivity contribution in [2.45, 2.75) is 19.8 Å². The molecule has 14 heavy (non-hydrogen) atoms. The van der Waals surface area contributed by atoms with Crippen molar-refractivity contribution in [3.8, 4) is 0 Å². The van der Waals surface area contributed by atoms with Crippen LogP contribution in [0.2, 0.25) is 0 Å². The molecule has 1 aliphatic heterocycles. The summed E-state index contributed by atoms with van der Waals surface area (Å²) in [5.74, 6) is 1.03. The molecule has 0 aromatic carbocycles. The number of nitrogens with two attached hydrogens (primary N) is 1. The summed E-state index contributed by atoms with van der Waals surface area (Å²) < 4.78 is 4.84. The van der Waals surface area contributed by atoms with Crippen LogP contribution in [0.15, 0.2) is 9.52 Å². The van der Waals surface area contributed by atoms with Crippen LogP contribution in [0, 0.1) is 6.92 Å². The summed E-state index contributed by atoms with van der Waals surface area (Å²) in [7, 11) is 0. The normalized spacial score (nSPS) is 17.8. The van der Waals surface area contributed by atoms with Crippen molar-refractivity contribution >= 4 is 12.0 Å². The van der Waals surface area contributed by atoms with Gasteiger partial charge in [0.15, 0.2) is 5.82 Å². The Bertz CT molecular complexity index is 339. The topological polar surface area (TPSA) is 80.5 Å². The molecule has 0 unspecified atom stereocenters. The number of hydrogen-bond acceptors (Lipinski definition) is 4. The Hall–Kier alpha value is -1.59. The van der Waals surface area contributed by atoms with E-state index in [1.165, 1.54) is 12.8 Å². The fourth-order valence-electron chi connectivity index (χ4n) is 1.45. The Labute approximate surface area is 81.8 Å². The molecule has 1 aliphatic rings. The Morgan fingerprint density at radius 1 is 1.50 bits per heavy atom. The van der Waals surface area contributed by atoms with E-state index in [-0.39, 0.29) is 6.01 Å². The van der Waals surface area contributed by atoms with Gasteiger partial charge in [-0.05, 0) is 19.8 Å². The maximum atomic E-state index is 5.77. The molecule has 6 heteroatoms. The third-order valence-electron chi connectivity index (χ3n) is 2.16. The van der Waals surface area contributed by atoms with Gasteiger partial charge in [-0.25, -0.2) is 0 Å². The average molecular weight is 195 g/mol. The van der Waals surface area contributed by atoms with E-state index in [1.54, 1.807) is 6.92 Å². The number of aryl methyl sites for hydroxylation is 1. The second-order valence-corrected chi connectivity index (χ2v) is 3.29. The first kappa shape index (κ1) is 8.98. The number of guanidine groups is 1. The predicted molar refractivity (Wildman–Crippen MR) is 51.1 cm³/mol. The lowest BCUT2D eigenvalue weighted by molar-refractivity contribution is 0.421. The van der Waals surface area contributed by atoms with Crippen LogP contribution in [0.25, 0.3) is 0 Å². The van der Waals surface area contributed by atoms with Crippen LogP contribution in [0.5, 0.6) is 0 Å². The van der Waals surface area contributed by atoms with Crippen LogP contribution in [0.1, 0.15) is 18.7 Å². The Morgan fingerprint density at radius 2 is 2.21 bits per heavy atom. The second kappa shape index (κ2) is 3.65. The Morgan fingerprint density at radius 3 is 2.79 bits per heavy atom. The minimum atomic E-state index is 0.229. The monoisotopic (exact) mass is 195 g/mol. The second-order valence-electron chi connectivity index (χ2n) is 3.29. The van der Waals surface area contributed by atoms with E-state index < -0.39 is 0 Å². The van der Waals surface area contributed by atoms with E-state index >= 15 is 0 Å². The standard InChI is InChI=1S/C8H13N5O/c1-6-10-8(14-12-6)11-7(9)13-4-2-3-5-13/h2-5H2,1H3,(H2,9,10,11,12). The van der Waals surface area contributed by atoms with E-state index in [0.29, 0.717) is 11.8 Å². The maximum Gasteiger partial charge on any atom is 0.350 e. The molecule has 0 amide bonds. The maximum absolute atomic E-state index is 5.77. The molecule has 0 atom stereocenters. The van der Waals surface area contributed by atoms with Crippen LogP contribution in [0.4, 0.5) is 6.01 Å². The van der Waals surface area contributed by atoms with Gasteiger partial charge >= 0.3 is 6.01 Å². The molecule has 0 saturated carbocycles. The molecule has 6 nitrogen and oxygen atoms in total. The number of aromatic nitrogens is 2. The molecule has 0 radical (unpaired) electrons. The van der Waals surface area contributed by atoms with Crippen molar-refractivity contribution in [3.05, 3.63) is 5.82 Å². The van der Waals surface area contributed by atoms with Gasteiger partial charge in [0.05, 0.1) is 0 Å². The van der Waals surface area contributed by atoms with Crippen LogP contribution in [-0.4, -0.2) is 34.1 Å². The molecule has 0 spiro atoms. The molecule has 1 fully saturated rings. The van der Waals surface area contributed by atoms with Gasteiger partial charge in [-0.2, -0.15) is 9.98 Å². The molecule has 1 aromatic rings. The molecule has 0 aliphatic carbocycles. The SMILES string of the molecule is Cc1noc(N=C(N)N2CCCC2)n1. The van der Waals surface area contributed by atoms with Gasteiger partial charge in [0.25, 0.3) is 0 Å². The zero-order valence-corrected chi connectivity index (χ0v) is 8.10. The zero-order valence-electron chi connectivity index (χ0n) is 8.10. The van der Waals surface area contributed by atoms with Crippen molar-refractivity contribution in [2.75, 3.05) is 13.1 Å². The number of hydrogen-bond donors (Lipinski definition) is 1. The number of rotatable bonds is 1. The zero-order chi connectivity index (χ0) is 9.97. The van der Waals surface area contributed by atoms with Crippen LogP contribution >= 0.6 is 0 Å². The smallest absolute Gasteiger partial charge is 0.350 e. The van der Waals surface area contributed by atoms with E-state index in [4.69, 9.17) is 10.3 Å². The highest BCUT2D eigenvalue weighted by Crippen LogP contribution is 2.11. The molecule has 2 rings (SSSR count). The van der Waals surface area contributed by atoms with E-state index in [0.717, 1.165) is 13.1 Å². The van der Waals surface area contributed by atoms with Gasteiger partial charge < -0.3 is 15.2 Å². The first-order valence-electron chi connectivity index (χ1n) is 4.65. The first-order valence-corrected chi connectivity index (χ1v) is 4.65. The third kappa shape index (κ3) is 1.84. The van der Waals surface area contributed by atoms with E-state index in [2.05, 4.69) is 15.1 Å². The first-order chi connectivity index (χ1) is 6.75. The highest BCUT2D eigenvalue weighted by molar-refractivity contribution is 5.80. The number of aliphatic imine (C=N–C) groups is 1. The molecule has 2 heterocycles. The van der Waals surface area contributed by atoms with Crippen molar-refractivity contribution in [3.63, 3.8) is 0 Å². The van der Waals surface area contributed by atoms with Gasteiger partial charge in [-0.1, -0.05) is 5.16 Å². The van der Waals surface area contributed by atoms with Crippen molar-refractivity contribution < 1.29 is 4.52 Å². The van der Waals surface area contributed by atoms with Crippen molar-refractivity contribution in [1.29, 1.82) is 0 Å². The number of nitrogens with zero attached hydrogens (tertiary/aromatic N) is 4. The molecule has 76 valence electrons. The summed E-state index contributed by atoms with van der Waals surface area (Å²) in [6, 6.07) is 0.229. The van der Waals surface area contributed by atoms with Gasteiger partial charge in [-0.15, -0.1) is 0 Å². The summed E-state index contributed by atoms with van der Waals surface area (Å²) in [6.45, 7) is 3.67. The lowest BCUT2D eigenvalue weighted by Gasteiger charge is -2.14.